The molecule has 2 aromatic heterocycles. The Hall–Kier alpha value is -7.02. The molecule has 0 aliphatic carbocycles. The molecule has 0 aliphatic heterocycles. The van der Waals surface area contributed by atoms with E-state index in [9.17, 15) is 0 Å². The average Bonchev–Trinajstić information content (AvgIpc) is 3.77. The minimum atomic E-state index is 0.702. The van der Waals surface area contributed by atoms with Gasteiger partial charge in [0.1, 0.15) is 22.5 Å². The van der Waals surface area contributed by atoms with Crippen LogP contribution in [0.25, 0.3) is 72.4 Å². The number of nitrogens with zero attached hydrogens (tertiary/aromatic N) is 1. The van der Waals surface area contributed by atoms with Crippen LogP contribution in [0, 0.1) is 12.3 Å². The number of benzene rings is 7. The Morgan fingerprint density at radius 2 is 1.08 bits per heavy atom. The lowest BCUT2D eigenvalue weighted by Gasteiger charge is -2.26. The fourth-order valence-electron chi connectivity index (χ4n) is 7.24. The lowest BCUT2D eigenvalue weighted by molar-refractivity contribution is 0.604. The zero-order valence-corrected chi connectivity index (χ0v) is 28.6. The Balaban J connectivity index is 1.14. The number of anilines is 3. The number of terminal acetylenes is 1. The molecule has 246 valence electrons. The molecule has 3 nitrogen and oxygen atoms in total. The second kappa shape index (κ2) is 13.0. The van der Waals surface area contributed by atoms with Crippen molar-refractivity contribution in [2.75, 3.05) is 4.90 Å². The number of para-hydroxylation sites is 3. The minimum absolute atomic E-state index is 0.702. The number of fused-ring (bicyclic) bond motifs is 4. The van der Waals surface area contributed by atoms with E-state index in [1.165, 1.54) is 5.56 Å². The Morgan fingerprint density at radius 1 is 0.500 bits per heavy atom. The van der Waals surface area contributed by atoms with Gasteiger partial charge in [-0.05, 0) is 83.8 Å². The Bertz CT molecular complexity index is 2790. The zero-order chi connectivity index (χ0) is 35.0. The molecule has 0 saturated carbocycles. The summed E-state index contributed by atoms with van der Waals surface area (Å²) < 4.78 is 12.7. The van der Waals surface area contributed by atoms with Crippen LogP contribution in [0.15, 0.2) is 179 Å². The maximum Gasteiger partial charge on any atom is 0.143 e. The van der Waals surface area contributed by atoms with E-state index in [-0.39, 0.29) is 0 Å². The predicted octanol–water partition coefficient (Wildman–Crippen LogP) is 13.8. The smallest absolute Gasteiger partial charge is 0.143 e. The van der Waals surface area contributed by atoms with Crippen molar-refractivity contribution in [2.24, 2.45) is 0 Å². The van der Waals surface area contributed by atoms with E-state index in [0.717, 1.165) is 83.4 Å². The van der Waals surface area contributed by atoms with Crippen molar-refractivity contribution in [1.29, 1.82) is 0 Å². The van der Waals surface area contributed by atoms with Gasteiger partial charge in [-0.25, -0.2) is 0 Å². The van der Waals surface area contributed by atoms with Gasteiger partial charge in [-0.3, -0.25) is 0 Å². The van der Waals surface area contributed by atoms with Crippen molar-refractivity contribution in [3.8, 4) is 45.7 Å². The molecular formula is C49H33NO2. The first-order valence-corrected chi connectivity index (χ1v) is 17.4. The first-order chi connectivity index (χ1) is 25.7. The highest BCUT2D eigenvalue weighted by Gasteiger charge is 2.18. The predicted molar refractivity (Wildman–Crippen MR) is 217 cm³/mol. The van der Waals surface area contributed by atoms with Gasteiger partial charge < -0.3 is 13.7 Å². The van der Waals surface area contributed by atoms with Crippen molar-refractivity contribution in [1.82, 2.24) is 0 Å². The molecule has 0 spiro atoms. The SMILES string of the molecule is C#Cc1c(/C=C\C)oc2c(-c3ccc(N(c4ccc(-c5cccc6c5oc5ccccc56)cc4)c4cccc(-c5ccccc5)c4)cc3)cccc12. The summed E-state index contributed by atoms with van der Waals surface area (Å²) in [7, 11) is 0. The van der Waals surface area contributed by atoms with Crippen LogP contribution in [0.5, 0.6) is 0 Å². The number of allylic oxidation sites excluding steroid dienone is 1. The maximum absolute atomic E-state index is 6.38. The second-order valence-electron chi connectivity index (χ2n) is 12.8. The molecule has 9 rings (SSSR count). The summed E-state index contributed by atoms with van der Waals surface area (Å²) in [6.45, 7) is 1.96. The van der Waals surface area contributed by atoms with Crippen LogP contribution >= 0.6 is 0 Å². The van der Waals surface area contributed by atoms with Gasteiger partial charge in [0.2, 0.25) is 0 Å². The topological polar surface area (TPSA) is 29.5 Å². The third-order valence-electron chi connectivity index (χ3n) is 9.69. The number of hydrogen-bond acceptors (Lipinski definition) is 3. The van der Waals surface area contributed by atoms with Gasteiger partial charge in [0.15, 0.2) is 0 Å². The van der Waals surface area contributed by atoms with E-state index in [1.54, 1.807) is 0 Å². The normalized spacial score (nSPS) is 11.5. The molecule has 0 unspecified atom stereocenters. The summed E-state index contributed by atoms with van der Waals surface area (Å²) in [6, 6.07) is 57.3. The van der Waals surface area contributed by atoms with E-state index in [2.05, 4.69) is 144 Å². The molecule has 0 aliphatic rings. The third kappa shape index (κ3) is 5.35. The fourth-order valence-corrected chi connectivity index (χ4v) is 7.24. The minimum Gasteiger partial charge on any atom is -0.455 e. The second-order valence-corrected chi connectivity index (χ2v) is 12.8. The highest BCUT2D eigenvalue weighted by Crippen LogP contribution is 2.41. The summed E-state index contributed by atoms with van der Waals surface area (Å²) in [6.07, 6.45) is 9.79. The van der Waals surface area contributed by atoms with Gasteiger partial charge in [0.05, 0.1) is 5.56 Å². The van der Waals surface area contributed by atoms with Crippen molar-refractivity contribution in [2.45, 2.75) is 6.92 Å². The number of furan rings is 2. The molecule has 9 aromatic rings. The Kier molecular flexibility index (Phi) is 7.76. The number of rotatable bonds is 7. The lowest BCUT2D eigenvalue weighted by Crippen LogP contribution is -2.10. The van der Waals surface area contributed by atoms with E-state index >= 15 is 0 Å². The van der Waals surface area contributed by atoms with Gasteiger partial charge in [-0.15, -0.1) is 6.42 Å². The monoisotopic (exact) mass is 667 g/mol. The van der Waals surface area contributed by atoms with Gasteiger partial charge in [-0.2, -0.15) is 0 Å². The van der Waals surface area contributed by atoms with E-state index in [0.29, 0.717) is 5.76 Å². The third-order valence-corrected chi connectivity index (χ3v) is 9.69. The molecule has 0 N–H and O–H groups in total. The highest BCUT2D eigenvalue weighted by atomic mass is 16.3. The quantitative estimate of drug-likeness (QED) is 0.158. The summed E-state index contributed by atoms with van der Waals surface area (Å²) in [4.78, 5) is 2.30. The van der Waals surface area contributed by atoms with Crippen molar-refractivity contribution in [3.05, 3.63) is 181 Å². The van der Waals surface area contributed by atoms with Crippen LogP contribution in [0.1, 0.15) is 18.2 Å². The molecule has 0 bridgehead atoms. The molecule has 52 heavy (non-hydrogen) atoms. The van der Waals surface area contributed by atoms with Crippen LogP contribution in [-0.4, -0.2) is 0 Å². The van der Waals surface area contributed by atoms with Gasteiger partial charge >= 0.3 is 0 Å². The molecule has 0 fully saturated rings. The summed E-state index contributed by atoms with van der Waals surface area (Å²) >= 11 is 0. The standard InChI is InChI=1S/C49H33NO2/c1-3-13-46-40(4-2)44-21-11-19-41(48(44)51-46)34-24-28-37(29-25-34)50(39-17-10-16-36(32-39)33-14-6-5-7-15-33)38-30-26-35(27-31-38)42-20-12-22-45-43-18-8-9-23-47(43)52-49(42)45/h2-3,5-32H,1H3/b13-3-. The number of hydrogen-bond donors (Lipinski definition) is 0. The van der Waals surface area contributed by atoms with E-state index < -0.39 is 0 Å². The van der Waals surface area contributed by atoms with Gasteiger partial charge in [0.25, 0.3) is 0 Å². The van der Waals surface area contributed by atoms with E-state index in [4.69, 9.17) is 15.3 Å². The maximum atomic E-state index is 6.38. The molecular weight excluding hydrogens is 635 g/mol. The zero-order valence-electron chi connectivity index (χ0n) is 28.6. The molecule has 0 atom stereocenters. The van der Waals surface area contributed by atoms with Crippen LogP contribution < -0.4 is 4.90 Å². The molecule has 0 saturated heterocycles. The molecule has 3 heteroatoms. The average molecular weight is 668 g/mol. The molecule has 0 amide bonds. The van der Waals surface area contributed by atoms with Crippen LogP contribution in [0.2, 0.25) is 0 Å². The van der Waals surface area contributed by atoms with E-state index in [1.807, 2.05) is 49.4 Å². The van der Waals surface area contributed by atoms with Gasteiger partial charge in [-0.1, -0.05) is 127 Å². The van der Waals surface area contributed by atoms with Crippen LogP contribution in [0.3, 0.4) is 0 Å². The fraction of sp³-hybridized carbons (Fsp3) is 0.0204. The Morgan fingerprint density at radius 3 is 1.75 bits per heavy atom. The van der Waals surface area contributed by atoms with Gasteiger partial charge in [0, 0.05) is 44.3 Å². The van der Waals surface area contributed by atoms with Crippen LogP contribution in [-0.2, 0) is 0 Å². The molecule has 2 heterocycles. The molecule has 7 aromatic carbocycles. The molecule has 0 radical (unpaired) electrons. The Labute approximate surface area is 302 Å². The lowest BCUT2D eigenvalue weighted by atomic mass is 10.00. The first-order valence-electron chi connectivity index (χ1n) is 17.4. The first kappa shape index (κ1) is 31.0. The summed E-state index contributed by atoms with van der Waals surface area (Å²) in [5, 5.41) is 3.19. The largest absolute Gasteiger partial charge is 0.455 e. The summed E-state index contributed by atoms with van der Waals surface area (Å²) in [5.41, 5.74) is 13.0. The van der Waals surface area contributed by atoms with Crippen molar-refractivity contribution in [3.63, 3.8) is 0 Å². The van der Waals surface area contributed by atoms with Crippen LogP contribution in [0.4, 0.5) is 17.1 Å². The highest BCUT2D eigenvalue weighted by molar-refractivity contribution is 6.09. The summed E-state index contributed by atoms with van der Waals surface area (Å²) in [5.74, 6) is 3.53. The van der Waals surface area contributed by atoms with Crippen molar-refractivity contribution < 1.29 is 8.83 Å². The van der Waals surface area contributed by atoms with Crippen molar-refractivity contribution >= 4 is 56.0 Å².